The van der Waals surface area contributed by atoms with Gasteiger partial charge in [0.25, 0.3) is 5.91 Å². The molecule has 4 aromatic rings. The number of rotatable bonds is 7. The Balaban J connectivity index is 1.17. The Labute approximate surface area is 236 Å². The van der Waals surface area contributed by atoms with Crippen molar-refractivity contribution in [1.82, 2.24) is 20.4 Å². The topological polar surface area (TPSA) is 73.5 Å². The van der Waals surface area contributed by atoms with E-state index in [4.69, 9.17) is 4.74 Å². The smallest absolute Gasteiger partial charge is 0.251 e. The SMILES string of the molecule is CC(C)(C)C[C@H](NC(=O)c1ccc2[nH]nc(-c3ccc(N4CC(N5CCOCC5)C4)cc3)c2c1)c1ccccc1. The van der Waals surface area contributed by atoms with E-state index in [1.807, 2.05) is 36.4 Å². The van der Waals surface area contributed by atoms with Crippen molar-refractivity contribution in [2.24, 2.45) is 5.41 Å². The van der Waals surface area contributed by atoms with Gasteiger partial charge < -0.3 is 15.0 Å². The third-order valence-corrected chi connectivity index (χ3v) is 8.08. The summed E-state index contributed by atoms with van der Waals surface area (Å²) in [5.74, 6) is -0.0740. The standard InChI is InChI=1S/C33H39N5O2/c1-33(2,3)20-30(23-7-5-4-6-8-23)34-32(39)25-11-14-29-28(19-25)31(36-35-29)24-9-12-26(13-10-24)38-21-27(22-38)37-15-17-40-18-16-37/h4-14,19,27,30H,15-18,20-22H2,1-3H3,(H,34,39)(H,35,36)/t30-/m0/s1. The van der Waals surface area contributed by atoms with E-state index in [1.54, 1.807) is 0 Å². The number of carbonyl (C=O) groups excluding carboxylic acids is 1. The molecule has 2 saturated heterocycles. The van der Waals surface area contributed by atoms with Crippen LogP contribution in [0.5, 0.6) is 0 Å². The van der Waals surface area contributed by atoms with E-state index in [-0.39, 0.29) is 17.4 Å². The quantitative estimate of drug-likeness (QED) is 0.318. The summed E-state index contributed by atoms with van der Waals surface area (Å²) in [6, 6.07) is 25.2. The number of hydrogen-bond acceptors (Lipinski definition) is 5. The zero-order chi connectivity index (χ0) is 27.7. The molecule has 0 aliphatic carbocycles. The molecule has 2 fully saturated rings. The molecule has 3 aromatic carbocycles. The molecule has 0 bridgehead atoms. The lowest BCUT2D eigenvalue weighted by atomic mass is 9.85. The summed E-state index contributed by atoms with van der Waals surface area (Å²) in [4.78, 5) is 18.4. The van der Waals surface area contributed by atoms with Gasteiger partial charge in [0.15, 0.2) is 0 Å². The Morgan fingerprint density at radius 2 is 1.75 bits per heavy atom. The largest absolute Gasteiger partial charge is 0.379 e. The second kappa shape index (κ2) is 11.1. The normalized spacial score (nSPS) is 17.5. The number of ether oxygens (including phenoxy) is 1. The van der Waals surface area contributed by atoms with Gasteiger partial charge in [-0.3, -0.25) is 14.8 Å². The first-order chi connectivity index (χ1) is 19.3. The highest BCUT2D eigenvalue weighted by atomic mass is 16.5. The van der Waals surface area contributed by atoms with Crippen LogP contribution in [0.2, 0.25) is 0 Å². The Hall–Kier alpha value is -3.68. The van der Waals surface area contributed by atoms with Gasteiger partial charge in [-0.2, -0.15) is 5.10 Å². The third kappa shape index (κ3) is 5.76. The lowest BCUT2D eigenvalue weighted by molar-refractivity contribution is 0.0105. The van der Waals surface area contributed by atoms with E-state index >= 15 is 0 Å². The Morgan fingerprint density at radius 1 is 1.02 bits per heavy atom. The van der Waals surface area contributed by atoms with Crippen molar-refractivity contribution in [2.45, 2.75) is 39.3 Å². The van der Waals surface area contributed by atoms with Gasteiger partial charge in [-0.25, -0.2) is 0 Å². The molecule has 1 atom stereocenters. The third-order valence-electron chi connectivity index (χ3n) is 8.08. The second-order valence-electron chi connectivity index (χ2n) is 12.3. The number of benzene rings is 3. The van der Waals surface area contributed by atoms with Crippen molar-refractivity contribution in [3.05, 3.63) is 83.9 Å². The first kappa shape index (κ1) is 26.5. The molecule has 0 radical (unpaired) electrons. The van der Waals surface area contributed by atoms with E-state index in [9.17, 15) is 4.79 Å². The fourth-order valence-corrected chi connectivity index (χ4v) is 5.84. The molecule has 0 unspecified atom stereocenters. The zero-order valence-corrected chi connectivity index (χ0v) is 23.7. The maximum Gasteiger partial charge on any atom is 0.251 e. The van der Waals surface area contributed by atoms with E-state index in [0.717, 1.165) is 73.5 Å². The maximum atomic E-state index is 13.5. The summed E-state index contributed by atoms with van der Waals surface area (Å²) < 4.78 is 5.50. The predicted octanol–water partition coefficient (Wildman–Crippen LogP) is 5.66. The fourth-order valence-electron chi connectivity index (χ4n) is 5.84. The zero-order valence-electron chi connectivity index (χ0n) is 23.7. The maximum absolute atomic E-state index is 13.5. The molecule has 40 heavy (non-hydrogen) atoms. The van der Waals surface area contributed by atoms with Crippen LogP contribution in [0, 0.1) is 5.41 Å². The number of amides is 1. The predicted molar refractivity (Wildman–Crippen MR) is 161 cm³/mol. The highest BCUT2D eigenvalue weighted by Crippen LogP contribution is 2.32. The number of H-pyrrole nitrogens is 1. The minimum Gasteiger partial charge on any atom is -0.379 e. The number of nitrogens with zero attached hydrogens (tertiary/aromatic N) is 3. The minimum absolute atomic E-state index is 0.0647. The van der Waals surface area contributed by atoms with Crippen LogP contribution in [-0.4, -0.2) is 66.4 Å². The van der Waals surface area contributed by atoms with Crippen LogP contribution in [-0.2, 0) is 4.74 Å². The lowest BCUT2D eigenvalue weighted by Gasteiger charge is -2.47. The van der Waals surface area contributed by atoms with Crippen molar-refractivity contribution in [1.29, 1.82) is 0 Å². The van der Waals surface area contributed by atoms with Gasteiger partial charge >= 0.3 is 0 Å². The van der Waals surface area contributed by atoms with Crippen LogP contribution in [0.1, 0.15) is 49.2 Å². The molecular formula is C33H39N5O2. The molecule has 7 nitrogen and oxygen atoms in total. The number of carbonyl (C=O) groups is 1. The van der Waals surface area contributed by atoms with Gasteiger partial charge in [-0.15, -0.1) is 0 Å². The van der Waals surface area contributed by atoms with Gasteiger partial charge in [-0.05, 0) is 47.7 Å². The average Bonchev–Trinajstić information content (AvgIpc) is 3.36. The molecule has 2 aliphatic rings. The van der Waals surface area contributed by atoms with Crippen molar-refractivity contribution >= 4 is 22.5 Å². The molecule has 1 amide bonds. The Kier molecular flexibility index (Phi) is 7.34. The summed E-state index contributed by atoms with van der Waals surface area (Å²) in [6.45, 7) is 12.5. The first-order valence-electron chi connectivity index (χ1n) is 14.4. The molecule has 1 aromatic heterocycles. The monoisotopic (exact) mass is 537 g/mol. The first-order valence-corrected chi connectivity index (χ1v) is 14.4. The van der Waals surface area contributed by atoms with Gasteiger partial charge in [0.1, 0.15) is 0 Å². The highest BCUT2D eigenvalue weighted by Gasteiger charge is 2.32. The van der Waals surface area contributed by atoms with Crippen LogP contribution in [0.15, 0.2) is 72.8 Å². The summed E-state index contributed by atoms with van der Waals surface area (Å²) in [5.41, 5.74) is 5.87. The highest BCUT2D eigenvalue weighted by molar-refractivity contribution is 6.01. The number of anilines is 1. The van der Waals surface area contributed by atoms with E-state index in [1.165, 1.54) is 5.69 Å². The number of aromatic nitrogens is 2. The van der Waals surface area contributed by atoms with Gasteiger partial charge in [0, 0.05) is 54.4 Å². The van der Waals surface area contributed by atoms with Crippen LogP contribution in [0.3, 0.4) is 0 Å². The molecule has 0 spiro atoms. The van der Waals surface area contributed by atoms with Gasteiger partial charge in [0.2, 0.25) is 0 Å². The molecular weight excluding hydrogens is 498 g/mol. The molecule has 2 aliphatic heterocycles. The second-order valence-corrected chi connectivity index (χ2v) is 12.3. The number of fused-ring (bicyclic) bond motifs is 1. The van der Waals surface area contributed by atoms with Crippen molar-refractivity contribution in [2.75, 3.05) is 44.3 Å². The molecule has 0 saturated carbocycles. The van der Waals surface area contributed by atoms with E-state index in [0.29, 0.717) is 11.6 Å². The van der Waals surface area contributed by atoms with Crippen molar-refractivity contribution in [3.8, 4) is 11.3 Å². The summed E-state index contributed by atoms with van der Waals surface area (Å²) >= 11 is 0. The average molecular weight is 538 g/mol. The van der Waals surface area contributed by atoms with Crippen molar-refractivity contribution < 1.29 is 9.53 Å². The number of hydrogen-bond donors (Lipinski definition) is 2. The Morgan fingerprint density at radius 3 is 2.45 bits per heavy atom. The van der Waals surface area contributed by atoms with Crippen molar-refractivity contribution in [3.63, 3.8) is 0 Å². The number of nitrogens with one attached hydrogen (secondary N) is 2. The number of morpholine rings is 1. The van der Waals surface area contributed by atoms with E-state index in [2.05, 4.69) is 82.5 Å². The molecule has 6 rings (SSSR count). The van der Waals surface area contributed by atoms with Crippen LogP contribution in [0.25, 0.3) is 22.2 Å². The summed E-state index contributed by atoms with van der Waals surface area (Å²) in [7, 11) is 0. The van der Waals surface area contributed by atoms with Crippen LogP contribution < -0.4 is 10.2 Å². The summed E-state index contributed by atoms with van der Waals surface area (Å²) in [5, 5.41) is 12.0. The van der Waals surface area contributed by atoms with Gasteiger partial charge in [0.05, 0.1) is 30.5 Å². The van der Waals surface area contributed by atoms with Crippen LogP contribution >= 0.6 is 0 Å². The molecule has 7 heteroatoms. The fraction of sp³-hybridized carbons (Fsp3) is 0.394. The number of aromatic amines is 1. The minimum atomic E-state index is -0.0740. The van der Waals surface area contributed by atoms with Crippen LogP contribution in [0.4, 0.5) is 5.69 Å². The summed E-state index contributed by atoms with van der Waals surface area (Å²) in [6.07, 6.45) is 0.846. The van der Waals surface area contributed by atoms with E-state index < -0.39 is 0 Å². The lowest BCUT2D eigenvalue weighted by Crippen LogP contribution is -2.61. The molecule has 208 valence electrons. The Bertz CT molecular complexity index is 1450. The molecule has 2 N–H and O–H groups in total. The molecule has 3 heterocycles. The van der Waals surface area contributed by atoms with Gasteiger partial charge in [-0.1, -0.05) is 63.2 Å².